The van der Waals surface area contributed by atoms with Gasteiger partial charge in [0, 0.05) is 18.0 Å². The van der Waals surface area contributed by atoms with Crippen molar-refractivity contribution in [2.75, 3.05) is 0 Å². The number of aryl methyl sites for hydroxylation is 1. The number of aromatic nitrogens is 4. The summed E-state index contributed by atoms with van der Waals surface area (Å²) in [7, 11) is 0. The molecule has 0 bridgehead atoms. The second kappa shape index (κ2) is 6.68. The predicted octanol–water partition coefficient (Wildman–Crippen LogP) is 2.63. The molecule has 0 radical (unpaired) electrons. The fourth-order valence-electron chi connectivity index (χ4n) is 3.27. The molecule has 136 valence electrons. The Hall–Kier alpha value is -3.48. The first-order valence-electron chi connectivity index (χ1n) is 8.61. The summed E-state index contributed by atoms with van der Waals surface area (Å²) < 4.78 is 16.1. The van der Waals surface area contributed by atoms with E-state index < -0.39 is 0 Å². The maximum Gasteiger partial charge on any atom is 0.280 e. The van der Waals surface area contributed by atoms with Crippen LogP contribution in [0.3, 0.4) is 0 Å². The van der Waals surface area contributed by atoms with Crippen LogP contribution in [0.4, 0.5) is 4.39 Å². The second-order valence-corrected chi connectivity index (χ2v) is 6.21. The number of hydrogen-bond donors (Lipinski definition) is 1. The van der Waals surface area contributed by atoms with Crippen LogP contribution < -0.4 is 11.1 Å². The van der Waals surface area contributed by atoms with Gasteiger partial charge >= 0.3 is 0 Å². The molecule has 0 saturated carbocycles. The molecule has 0 unspecified atom stereocenters. The zero-order valence-corrected chi connectivity index (χ0v) is 14.6. The molecule has 6 nitrogen and oxygen atoms in total. The van der Waals surface area contributed by atoms with Crippen molar-refractivity contribution in [3.8, 4) is 5.69 Å². The molecular weight excluding hydrogens is 347 g/mol. The van der Waals surface area contributed by atoms with Gasteiger partial charge in [-0.05, 0) is 42.8 Å². The van der Waals surface area contributed by atoms with Gasteiger partial charge in [0.15, 0.2) is 0 Å². The van der Waals surface area contributed by atoms with Gasteiger partial charge in [-0.15, -0.1) is 0 Å². The molecule has 7 heteroatoms. The molecule has 0 saturated heterocycles. The molecule has 1 N–H and O–H groups in total. The quantitative estimate of drug-likeness (QED) is 0.605. The highest BCUT2D eigenvalue weighted by Gasteiger charge is 2.17. The lowest BCUT2D eigenvalue weighted by atomic mass is 10.2. The van der Waals surface area contributed by atoms with Crippen molar-refractivity contribution in [1.82, 2.24) is 19.3 Å². The Balaban J connectivity index is 1.93. The highest BCUT2D eigenvalue weighted by molar-refractivity contribution is 5.80. The molecule has 0 amide bonds. The summed E-state index contributed by atoms with van der Waals surface area (Å²) in [6, 6.07) is 12.5. The summed E-state index contributed by atoms with van der Waals surface area (Å²) >= 11 is 0. The summed E-state index contributed by atoms with van der Waals surface area (Å²) in [5, 5.41) is 3.41. The highest BCUT2D eigenvalue weighted by Crippen LogP contribution is 2.16. The summed E-state index contributed by atoms with van der Waals surface area (Å²) in [5.41, 5.74) is 1.86. The summed E-state index contributed by atoms with van der Waals surface area (Å²) in [5.74, 6) is -0.382. The minimum absolute atomic E-state index is 0.211. The Morgan fingerprint density at radius 2 is 1.89 bits per heavy atom. The topological polar surface area (TPSA) is 72.7 Å². The molecule has 0 aliphatic heterocycles. The number of H-pyrrole nitrogens is 1. The average molecular weight is 364 g/mol. The van der Waals surface area contributed by atoms with E-state index in [0.717, 1.165) is 5.69 Å². The maximum absolute atomic E-state index is 13.2. The van der Waals surface area contributed by atoms with Gasteiger partial charge in [0.1, 0.15) is 5.82 Å². The van der Waals surface area contributed by atoms with Crippen molar-refractivity contribution in [2.45, 2.75) is 19.9 Å². The molecule has 3 heterocycles. The molecule has 1 aromatic carbocycles. The Morgan fingerprint density at radius 1 is 1.11 bits per heavy atom. The number of halogens is 1. The van der Waals surface area contributed by atoms with Crippen molar-refractivity contribution >= 4 is 10.9 Å². The van der Waals surface area contributed by atoms with Crippen LogP contribution >= 0.6 is 0 Å². The van der Waals surface area contributed by atoms with Crippen LogP contribution in [0.1, 0.15) is 18.3 Å². The van der Waals surface area contributed by atoms with Crippen LogP contribution in [0.15, 0.2) is 64.3 Å². The van der Waals surface area contributed by atoms with E-state index in [1.807, 2.05) is 25.1 Å². The van der Waals surface area contributed by atoms with Crippen molar-refractivity contribution < 1.29 is 4.39 Å². The normalized spacial score (nSPS) is 11.2. The van der Waals surface area contributed by atoms with Gasteiger partial charge in [0.2, 0.25) is 0 Å². The number of benzene rings is 1. The maximum atomic E-state index is 13.2. The third kappa shape index (κ3) is 2.97. The smallest absolute Gasteiger partial charge is 0.280 e. The zero-order valence-electron chi connectivity index (χ0n) is 14.6. The monoisotopic (exact) mass is 364 g/mol. The molecule has 27 heavy (non-hydrogen) atoms. The molecule has 4 aromatic rings. The number of hydrogen-bond acceptors (Lipinski definition) is 3. The lowest BCUT2D eigenvalue weighted by molar-refractivity contribution is 0.627. The highest BCUT2D eigenvalue weighted by atomic mass is 19.1. The first-order chi connectivity index (χ1) is 13.1. The van der Waals surface area contributed by atoms with Gasteiger partial charge in [-0.1, -0.05) is 13.0 Å². The minimum Gasteiger partial charge on any atom is -0.306 e. The Labute approximate surface area is 153 Å². The van der Waals surface area contributed by atoms with Crippen LogP contribution in [-0.2, 0) is 13.0 Å². The van der Waals surface area contributed by atoms with Crippen molar-refractivity contribution in [3.63, 3.8) is 0 Å². The van der Waals surface area contributed by atoms with E-state index in [-0.39, 0.29) is 16.9 Å². The third-order valence-corrected chi connectivity index (χ3v) is 4.53. The van der Waals surface area contributed by atoms with Crippen LogP contribution in [0.5, 0.6) is 0 Å². The van der Waals surface area contributed by atoms with Gasteiger partial charge in [-0.25, -0.2) is 9.07 Å². The number of rotatable bonds is 4. The van der Waals surface area contributed by atoms with Crippen LogP contribution in [-0.4, -0.2) is 19.3 Å². The van der Waals surface area contributed by atoms with E-state index in [2.05, 4.69) is 10.1 Å². The fourth-order valence-corrected chi connectivity index (χ4v) is 3.27. The fraction of sp³-hybridized carbons (Fsp3) is 0.150. The molecule has 0 atom stereocenters. The Morgan fingerprint density at radius 3 is 2.56 bits per heavy atom. The SMILES string of the molecule is CCc1c2c(=O)n(-c3ccc(F)cc3)[nH]c2cc(=O)n1Cc1ccccn1. The summed E-state index contributed by atoms with van der Waals surface area (Å²) in [6.45, 7) is 2.19. The molecule has 4 rings (SSSR count). The average Bonchev–Trinajstić information content (AvgIpc) is 3.00. The minimum atomic E-state index is -0.382. The van der Waals surface area contributed by atoms with Crippen LogP contribution in [0, 0.1) is 5.82 Å². The molecular formula is C20H17FN4O2. The first-order valence-corrected chi connectivity index (χ1v) is 8.61. The lowest BCUT2D eigenvalue weighted by Gasteiger charge is -2.11. The molecule has 0 aliphatic carbocycles. The molecule has 0 fully saturated rings. The molecule has 3 aromatic heterocycles. The number of fused-ring (bicyclic) bond motifs is 1. The summed E-state index contributed by atoms with van der Waals surface area (Å²) in [6.07, 6.45) is 2.18. The van der Waals surface area contributed by atoms with Crippen molar-refractivity contribution in [1.29, 1.82) is 0 Å². The van der Waals surface area contributed by atoms with E-state index in [9.17, 15) is 14.0 Å². The summed E-state index contributed by atoms with van der Waals surface area (Å²) in [4.78, 5) is 30.0. The van der Waals surface area contributed by atoms with Crippen molar-refractivity contribution in [2.24, 2.45) is 0 Å². The largest absolute Gasteiger partial charge is 0.306 e. The number of pyridine rings is 2. The van der Waals surface area contributed by atoms with Gasteiger partial charge in [-0.2, -0.15) is 0 Å². The first kappa shape index (κ1) is 17.0. The van der Waals surface area contributed by atoms with Crippen LogP contribution in [0.25, 0.3) is 16.6 Å². The standard InChI is InChI=1S/C20H17FN4O2/c1-2-17-19-16(11-18(26)24(17)12-14-5-3-4-10-22-14)23-25(20(19)27)15-8-6-13(21)7-9-15/h3-11,23H,2,12H2,1H3. The lowest BCUT2D eigenvalue weighted by Crippen LogP contribution is -2.25. The Bertz CT molecular complexity index is 1220. The van der Waals surface area contributed by atoms with Crippen molar-refractivity contribution in [3.05, 3.63) is 92.6 Å². The van der Waals surface area contributed by atoms with Crippen LogP contribution in [0.2, 0.25) is 0 Å². The van der Waals surface area contributed by atoms with E-state index in [4.69, 9.17) is 0 Å². The third-order valence-electron chi connectivity index (χ3n) is 4.53. The Kier molecular flexibility index (Phi) is 4.19. The zero-order chi connectivity index (χ0) is 19.0. The predicted molar refractivity (Wildman–Crippen MR) is 101 cm³/mol. The van der Waals surface area contributed by atoms with Gasteiger partial charge in [-0.3, -0.25) is 19.7 Å². The molecule has 0 spiro atoms. The van der Waals surface area contributed by atoms with Gasteiger partial charge in [0.05, 0.1) is 28.8 Å². The number of nitrogens with one attached hydrogen (secondary N) is 1. The van der Waals surface area contributed by atoms with E-state index in [1.54, 1.807) is 10.8 Å². The number of aromatic amines is 1. The van der Waals surface area contributed by atoms with Gasteiger partial charge < -0.3 is 4.57 Å². The van der Waals surface area contributed by atoms with E-state index in [0.29, 0.717) is 35.2 Å². The van der Waals surface area contributed by atoms with Gasteiger partial charge in [0.25, 0.3) is 11.1 Å². The van der Waals surface area contributed by atoms with E-state index in [1.165, 1.54) is 35.0 Å². The van der Waals surface area contributed by atoms with E-state index >= 15 is 0 Å². The number of nitrogens with zero attached hydrogens (tertiary/aromatic N) is 3. The molecule has 0 aliphatic rings. The second-order valence-electron chi connectivity index (χ2n) is 6.21.